The van der Waals surface area contributed by atoms with Gasteiger partial charge >= 0.3 is 191 Å². The van der Waals surface area contributed by atoms with Gasteiger partial charge in [-0.3, -0.25) is 0 Å². The first kappa shape index (κ1) is 19.4. The molecule has 0 saturated carbocycles. The molecule has 0 fully saturated rings. The van der Waals surface area contributed by atoms with Gasteiger partial charge in [0.1, 0.15) is 0 Å². The number of allylic oxidation sites excluding steroid dienone is 10. The van der Waals surface area contributed by atoms with Crippen LogP contribution in [0.3, 0.4) is 0 Å². The molecule has 1 heteroatoms. The summed E-state index contributed by atoms with van der Waals surface area (Å²) in [4.78, 5) is 5.34. The Kier molecular flexibility index (Phi) is 3.97. The maximum absolute atomic E-state index is 2.98. The summed E-state index contributed by atoms with van der Waals surface area (Å²) >= 11 is -2.98. The number of benzene rings is 2. The average Bonchev–Trinajstić information content (AvgIpc) is 3.34. The van der Waals surface area contributed by atoms with Gasteiger partial charge in [0.25, 0.3) is 0 Å². The van der Waals surface area contributed by atoms with E-state index in [4.69, 9.17) is 0 Å². The van der Waals surface area contributed by atoms with E-state index in [1.165, 1.54) is 33.4 Å². The van der Waals surface area contributed by atoms with Crippen LogP contribution in [-0.2, 0) is 0 Å². The fourth-order valence-electron chi connectivity index (χ4n) is 6.19. The number of hydrogen-bond donors (Lipinski definition) is 0. The van der Waals surface area contributed by atoms with Crippen LogP contribution in [0.25, 0.3) is 23.3 Å². The molecule has 2 unspecified atom stereocenters. The molecule has 4 aliphatic rings. The van der Waals surface area contributed by atoms with E-state index in [1.54, 1.807) is 11.1 Å². The molecule has 0 spiro atoms. The van der Waals surface area contributed by atoms with Gasteiger partial charge in [-0.25, -0.2) is 0 Å². The van der Waals surface area contributed by atoms with E-state index in [0.717, 1.165) is 0 Å². The van der Waals surface area contributed by atoms with E-state index in [9.17, 15) is 0 Å². The van der Waals surface area contributed by atoms with E-state index >= 15 is 0 Å². The molecule has 2 atom stereocenters. The monoisotopic (exact) mass is 508 g/mol. The second-order valence-corrected chi connectivity index (χ2v) is 25.4. The first-order chi connectivity index (χ1) is 14.9. The fourth-order valence-corrected chi connectivity index (χ4v) is 17.2. The van der Waals surface area contributed by atoms with E-state index in [-0.39, 0.29) is 6.86 Å². The predicted molar refractivity (Wildman–Crippen MR) is 137 cm³/mol. The summed E-state index contributed by atoms with van der Waals surface area (Å²) in [7, 11) is 0. The van der Waals surface area contributed by atoms with Crippen molar-refractivity contribution < 1.29 is 0 Å². The number of rotatable bonds is 2. The van der Waals surface area contributed by atoms with Crippen molar-refractivity contribution in [1.29, 1.82) is 0 Å². The fraction of sp³-hybridized carbons (Fsp3) is 0.200. The normalized spacial score (nSPS) is 27.5. The van der Waals surface area contributed by atoms with Gasteiger partial charge in [0.15, 0.2) is 0 Å². The van der Waals surface area contributed by atoms with Crippen LogP contribution in [0.5, 0.6) is 0 Å². The first-order valence-electron chi connectivity index (χ1n) is 11.3. The second kappa shape index (κ2) is 6.35. The van der Waals surface area contributed by atoms with Gasteiger partial charge in [0.05, 0.1) is 0 Å². The van der Waals surface area contributed by atoms with Crippen molar-refractivity contribution in [2.75, 3.05) is 0 Å². The molecule has 0 aliphatic heterocycles. The molecule has 4 aliphatic carbocycles. The van der Waals surface area contributed by atoms with Crippen LogP contribution in [0.4, 0.5) is 0 Å². The zero-order valence-electron chi connectivity index (χ0n) is 18.7. The van der Waals surface area contributed by atoms with Crippen LogP contribution in [-0.4, -0.2) is 18.4 Å². The summed E-state index contributed by atoms with van der Waals surface area (Å²) in [5.41, 5.74) is 11.5. The summed E-state index contributed by atoms with van der Waals surface area (Å²) in [6.45, 7) is 5.06. The Hall–Kier alpha value is -2.32. The average molecular weight is 507 g/mol. The van der Waals surface area contributed by atoms with Crippen LogP contribution in [0.2, 0.25) is 16.7 Å². The van der Waals surface area contributed by atoms with Crippen LogP contribution in [0.15, 0.2) is 96.1 Å². The van der Waals surface area contributed by atoms with E-state index < -0.39 is 18.4 Å². The Morgan fingerprint density at radius 3 is 1.48 bits per heavy atom. The Bertz CT molecular complexity index is 1220. The quantitative estimate of drug-likeness (QED) is 0.359. The van der Waals surface area contributed by atoms with Crippen molar-refractivity contribution in [3.63, 3.8) is 0 Å². The summed E-state index contributed by atoms with van der Waals surface area (Å²) < 4.78 is 0.212. The van der Waals surface area contributed by atoms with E-state index in [0.29, 0.717) is 0 Å². The van der Waals surface area contributed by atoms with Crippen molar-refractivity contribution in [1.82, 2.24) is 0 Å². The molecule has 0 heterocycles. The third kappa shape index (κ3) is 2.37. The van der Waals surface area contributed by atoms with Crippen LogP contribution < -0.4 is 0 Å². The zero-order chi connectivity index (χ0) is 21.4. The van der Waals surface area contributed by atoms with Gasteiger partial charge < -0.3 is 0 Å². The van der Waals surface area contributed by atoms with Gasteiger partial charge in [-0.15, -0.1) is 0 Å². The molecule has 31 heavy (non-hydrogen) atoms. The van der Waals surface area contributed by atoms with Gasteiger partial charge in [0.2, 0.25) is 0 Å². The molecular formula is C30H28Sn. The van der Waals surface area contributed by atoms with Crippen LogP contribution >= 0.6 is 0 Å². The molecule has 0 aromatic heterocycles. The van der Waals surface area contributed by atoms with E-state index in [1.807, 2.05) is 0 Å². The van der Waals surface area contributed by atoms with Crippen molar-refractivity contribution in [2.45, 2.75) is 30.6 Å². The van der Waals surface area contributed by atoms with Gasteiger partial charge in [-0.05, 0) is 0 Å². The SMILES string of the molecule is C[C]1([Sn]([CH3])([CH3])[C]2(C)C=CC=C3C2=Cc2ccccc23)C=CC=C2C1=Cc1ccccc12. The first-order valence-corrected chi connectivity index (χ1v) is 19.9. The Balaban J connectivity index is 1.50. The topological polar surface area (TPSA) is 0 Å². The van der Waals surface area contributed by atoms with Crippen LogP contribution in [0.1, 0.15) is 36.1 Å². The number of hydrogen-bond acceptors (Lipinski definition) is 0. The molecule has 0 saturated heterocycles. The Morgan fingerprint density at radius 2 is 1.03 bits per heavy atom. The number of fused-ring (bicyclic) bond motifs is 6. The van der Waals surface area contributed by atoms with Gasteiger partial charge in [-0.2, -0.15) is 0 Å². The molecule has 2 aromatic carbocycles. The third-order valence-electron chi connectivity index (χ3n) is 8.78. The molecule has 2 aromatic rings. The summed E-state index contributed by atoms with van der Waals surface area (Å²) in [5.74, 6) is 0. The molecule has 0 amide bonds. The minimum absolute atomic E-state index is 0.106. The standard InChI is InChI=1S/2C14H11.2CH3.Sn/c2*1-10-5-4-8-13-12-7-3-2-6-11(12)9-14(10)13;;;/h2*2-9H,1H3;2*1H3;. The minimum atomic E-state index is -2.98. The summed E-state index contributed by atoms with van der Waals surface area (Å²) in [5, 5.41) is 0. The summed E-state index contributed by atoms with van der Waals surface area (Å²) in [6, 6.07) is 17.8. The Morgan fingerprint density at radius 1 is 0.613 bits per heavy atom. The molecule has 6 rings (SSSR count). The predicted octanol–water partition coefficient (Wildman–Crippen LogP) is 8.32. The van der Waals surface area contributed by atoms with Crippen molar-refractivity contribution in [2.24, 2.45) is 0 Å². The zero-order valence-corrected chi connectivity index (χ0v) is 21.6. The van der Waals surface area contributed by atoms with Crippen molar-refractivity contribution in [3.8, 4) is 0 Å². The van der Waals surface area contributed by atoms with E-state index in [2.05, 4.69) is 121 Å². The third-order valence-corrected chi connectivity index (χ3v) is 26.1. The maximum atomic E-state index is 2.67. The second-order valence-electron chi connectivity index (χ2n) is 10.2. The van der Waals surface area contributed by atoms with Crippen molar-refractivity contribution >= 4 is 41.7 Å². The molecule has 0 bridgehead atoms. The molecular weight excluding hydrogens is 479 g/mol. The van der Waals surface area contributed by atoms with Gasteiger partial charge in [0, 0.05) is 0 Å². The summed E-state index contributed by atoms with van der Waals surface area (Å²) in [6.07, 6.45) is 19.3. The van der Waals surface area contributed by atoms with Crippen LogP contribution in [0, 0.1) is 0 Å². The molecule has 0 nitrogen and oxygen atoms in total. The molecule has 0 radical (unpaired) electrons. The molecule has 152 valence electrons. The van der Waals surface area contributed by atoms with Crippen molar-refractivity contribution in [3.05, 3.63) is 118 Å². The Labute approximate surface area is 190 Å². The molecule has 0 N–H and O–H groups in total. The van der Waals surface area contributed by atoms with Gasteiger partial charge in [-0.1, -0.05) is 0 Å².